The molecule has 134 valence electrons. The summed E-state index contributed by atoms with van der Waals surface area (Å²) in [5.41, 5.74) is 0. The van der Waals surface area contributed by atoms with E-state index in [0.29, 0.717) is 50.1 Å². The molecule has 3 rings (SSSR count). The Labute approximate surface area is 148 Å². The van der Waals surface area contributed by atoms with Crippen molar-refractivity contribution < 1.29 is 14.4 Å². The first-order valence-corrected chi connectivity index (χ1v) is 10.4. The first-order valence-electron chi connectivity index (χ1n) is 9.38. The number of ketones is 1. The molecule has 2 heterocycles. The molecule has 3 aliphatic rings. The Balaban J connectivity index is 1.42. The van der Waals surface area contributed by atoms with Crippen molar-refractivity contribution in [1.82, 2.24) is 9.80 Å². The summed E-state index contributed by atoms with van der Waals surface area (Å²) in [5.74, 6) is 1.58. The Kier molecular flexibility index (Phi) is 6.19. The number of fused-ring (bicyclic) bond motifs is 1. The van der Waals surface area contributed by atoms with E-state index in [-0.39, 0.29) is 16.9 Å². The largest absolute Gasteiger partial charge is 0.342 e. The Morgan fingerprint density at radius 1 is 1.00 bits per heavy atom. The van der Waals surface area contributed by atoms with Crippen LogP contribution in [0.5, 0.6) is 0 Å². The van der Waals surface area contributed by atoms with E-state index in [0.717, 1.165) is 19.4 Å². The van der Waals surface area contributed by atoms with Crippen molar-refractivity contribution in [3.63, 3.8) is 0 Å². The minimum Gasteiger partial charge on any atom is -0.342 e. The number of carbonyl (C=O) groups is 3. The molecule has 3 fully saturated rings. The van der Waals surface area contributed by atoms with Crippen LogP contribution >= 0.6 is 11.8 Å². The van der Waals surface area contributed by atoms with Gasteiger partial charge in [-0.25, -0.2) is 0 Å². The normalized spacial score (nSPS) is 27.8. The molecular weight excluding hydrogens is 324 g/mol. The average molecular weight is 353 g/mol. The molecule has 2 saturated heterocycles. The summed E-state index contributed by atoms with van der Waals surface area (Å²) < 4.78 is 0. The summed E-state index contributed by atoms with van der Waals surface area (Å²) in [4.78, 5) is 39.8. The number of carbonyl (C=O) groups excluding carboxylic acids is 3. The fraction of sp³-hybridized carbons (Fsp3) is 0.833. The van der Waals surface area contributed by atoms with Gasteiger partial charge in [0.1, 0.15) is 5.78 Å². The number of rotatable bonds is 3. The van der Waals surface area contributed by atoms with E-state index < -0.39 is 0 Å². The lowest BCUT2D eigenvalue weighted by Gasteiger charge is -2.43. The highest BCUT2D eigenvalue weighted by molar-refractivity contribution is 8.13. The van der Waals surface area contributed by atoms with Gasteiger partial charge in [-0.3, -0.25) is 14.4 Å². The van der Waals surface area contributed by atoms with Crippen molar-refractivity contribution in [2.45, 2.75) is 63.8 Å². The summed E-state index contributed by atoms with van der Waals surface area (Å²) in [5, 5.41) is 0.160. The van der Waals surface area contributed by atoms with Gasteiger partial charge < -0.3 is 9.80 Å². The molecule has 2 unspecified atom stereocenters. The van der Waals surface area contributed by atoms with Gasteiger partial charge in [0.05, 0.1) is 0 Å². The third-order valence-electron chi connectivity index (χ3n) is 5.69. The number of nitrogens with zero attached hydrogens (tertiary/aromatic N) is 2. The molecule has 24 heavy (non-hydrogen) atoms. The molecule has 0 spiro atoms. The topological polar surface area (TPSA) is 57.7 Å². The third kappa shape index (κ3) is 4.32. The number of hydrogen-bond donors (Lipinski definition) is 0. The molecule has 5 nitrogen and oxygen atoms in total. The predicted molar refractivity (Wildman–Crippen MR) is 95.0 cm³/mol. The van der Waals surface area contributed by atoms with Gasteiger partial charge in [0.2, 0.25) is 5.91 Å². The van der Waals surface area contributed by atoms with Crippen molar-refractivity contribution in [1.29, 1.82) is 0 Å². The Hall–Kier alpha value is -1.04. The molecule has 2 atom stereocenters. The van der Waals surface area contributed by atoms with Crippen molar-refractivity contribution >= 4 is 28.7 Å². The lowest BCUT2D eigenvalue weighted by atomic mass is 9.78. The van der Waals surface area contributed by atoms with Crippen molar-refractivity contribution in [2.24, 2.45) is 5.92 Å². The van der Waals surface area contributed by atoms with E-state index in [4.69, 9.17) is 0 Å². The summed E-state index contributed by atoms with van der Waals surface area (Å²) in [7, 11) is 0. The number of Topliss-reactive ketones (excluding diaryl/α,β-unsaturated/α-hetero) is 1. The number of likely N-dealkylation sites (tertiary alicyclic amines) is 2. The monoisotopic (exact) mass is 352 g/mol. The molecule has 0 bridgehead atoms. The SMILES string of the molecule is O=C1CCN(C(=O)CCSC(=O)N2CCCC3CCCCC32)CC1. The van der Waals surface area contributed by atoms with Gasteiger partial charge in [0.15, 0.2) is 0 Å². The second kappa shape index (κ2) is 8.37. The number of piperidine rings is 2. The summed E-state index contributed by atoms with van der Waals surface area (Å²) in [6.07, 6.45) is 8.71. The van der Waals surface area contributed by atoms with E-state index in [2.05, 4.69) is 4.90 Å². The average Bonchev–Trinajstić information content (AvgIpc) is 2.61. The van der Waals surface area contributed by atoms with Crippen molar-refractivity contribution in [2.75, 3.05) is 25.4 Å². The quantitative estimate of drug-likeness (QED) is 0.783. The Bertz CT molecular complexity index is 485. The van der Waals surface area contributed by atoms with Gasteiger partial charge >= 0.3 is 0 Å². The van der Waals surface area contributed by atoms with Gasteiger partial charge in [0.25, 0.3) is 5.24 Å². The van der Waals surface area contributed by atoms with Crippen molar-refractivity contribution in [3.8, 4) is 0 Å². The van der Waals surface area contributed by atoms with Gasteiger partial charge in [-0.05, 0) is 31.6 Å². The van der Waals surface area contributed by atoms with Crippen LogP contribution in [0.4, 0.5) is 4.79 Å². The Morgan fingerprint density at radius 2 is 1.71 bits per heavy atom. The maximum atomic E-state index is 12.6. The van der Waals surface area contributed by atoms with Crippen LogP contribution in [-0.2, 0) is 9.59 Å². The summed E-state index contributed by atoms with van der Waals surface area (Å²) in [6.45, 7) is 1.98. The zero-order valence-corrected chi connectivity index (χ0v) is 15.2. The molecule has 0 aromatic carbocycles. The minimum atomic E-state index is 0.0805. The second-order valence-electron chi connectivity index (χ2n) is 7.23. The zero-order chi connectivity index (χ0) is 16.9. The van der Waals surface area contributed by atoms with Crippen LogP contribution in [0.2, 0.25) is 0 Å². The molecular formula is C18H28N2O3S. The number of hydrogen-bond acceptors (Lipinski definition) is 4. The predicted octanol–water partition coefficient (Wildman–Crippen LogP) is 3.08. The first kappa shape index (κ1) is 17.8. The van der Waals surface area contributed by atoms with E-state index in [1.165, 1.54) is 37.4 Å². The molecule has 0 radical (unpaired) electrons. The molecule has 0 aromatic rings. The third-order valence-corrected chi connectivity index (χ3v) is 6.58. The van der Waals surface area contributed by atoms with E-state index in [9.17, 15) is 14.4 Å². The van der Waals surface area contributed by atoms with Crippen LogP contribution in [-0.4, -0.2) is 58.2 Å². The molecule has 0 N–H and O–H groups in total. The summed E-state index contributed by atoms with van der Waals surface area (Å²) in [6, 6.07) is 0.441. The number of thioether (sulfide) groups is 1. The van der Waals surface area contributed by atoms with Gasteiger partial charge in [0, 0.05) is 50.7 Å². The smallest absolute Gasteiger partial charge is 0.281 e. The standard InChI is InChI=1S/C18H28N2O3S/c21-15-7-11-19(12-8-15)17(22)9-13-24-18(23)20-10-3-5-14-4-1-2-6-16(14)20/h14,16H,1-13H2. The van der Waals surface area contributed by atoms with Gasteiger partial charge in [-0.15, -0.1) is 0 Å². The minimum absolute atomic E-state index is 0.0805. The second-order valence-corrected chi connectivity index (χ2v) is 8.28. The molecule has 2 aliphatic heterocycles. The van der Waals surface area contributed by atoms with Crippen LogP contribution in [0, 0.1) is 5.92 Å². The fourth-order valence-corrected chi connectivity index (χ4v) is 5.17. The van der Waals surface area contributed by atoms with Crippen LogP contribution < -0.4 is 0 Å². The molecule has 6 heteroatoms. The maximum absolute atomic E-state index is 12.6. The summed E-state index contributed by atoms with van der Waals surface area (Å²) >= 11 is 1.30. The lowest BCUT2D eigenvalue weighted by molar-refractivity contribution is -0.134. The molecule has 2 amide bonds. The fourth-order valence-electron chi connectivity index (χ4n) is 4.32. The van der Waals surface area contributed by atoms with Gasteiger partial charge in [-0.2, -0.15) is 0 Å². The Morgan fingerprint density at radius 3 is 2.50 bits per heavy atom. The molecule has 1 aliphatic carbocycles. The van der Waals surface area contributed by atoms with Gasteiger partial charge in [-0.1, -0.05) is 24.6 Å². The molecule has 1 saturated carbocycles. The highest BCUT2D eigenvalue weighted by Crippen LogP contribution is 2.36. The number of amides is 2. The van der Waals surface area contributed by atoms with Crippen LogP contribution in [0.25, 0.3) is 0 Å². The first-order chi connectivity index (χ1) is 11.6. The highest BCUT2D eigenvalue weighted by atomic mass is 32.2. The molecule has 0 aromatic heterocycles. The van der Waals surface area contributed by atoms with Crippen molar-refractivity contribution in [3.05, 3.63) is 0 Å². The highest BCUT2D eigenvalue weighted by Gasteiger charge is 2.35. The van der Waals surface area contributed by atoms with E-state index in [1.807, 2.05) is 0 Å². The zero-order valence-electron chi connectivity index (χ0n) is 14.4. The van der Waals surface area contributed by atoms with E-state index >= 15 is 0 Å². The van der Waals surface area contributed by atoms with Crippen LogP contribution in [0.15, 0.2) is 0 Å². The lowest BCUT2D eigenvalue weighted by Crippen LogP contribution is -2.48. The maximum Gasteiger partial charge on any atom is 0.281 e. The van der Waals surface area contributed by atoms with Crippen LogP contribution in [0.1, 0.15) is 57.8 Å². The van der Waals surface area contributed by atoms with E-state index in [1.54, 1.807) is 4.90 Å². The van der Waals surface area contributed by atoms with Crippen LogP contribution in [0.3, 0.4) is 0 Å².